The lowest BCUT2D eigenvalue weighted by atomic mass is 10.1. The summed E-state index contributed by atoms with van der Waals surface area (Å²) in [6.07, 6.45) is 3.50. The molecule has 7 heteroatoms. The maximum absolute atomic E-state index is 12.5. The molecular formula is C23H23BrN4O2. The lowest BCUT2D eigenvalue weighted by molar-refractivity contribution is -0.127. The molecule has 2 heterocycles. The first-order chi connectivity index (χ1) is 14.6. The summed E-state index contributed by atoms with van der Waals surface area (Å²) in [5.74, 6) is 1.24. The van der Waals surface area contributed by atoms with Crippen molar-refractivity contribution in [2.75, 3.05) is 26.2 Å². The molecule has 154 valence electrons. The molecule has 0 atom stereocenters. The van der Waals surface area contributed by atoms with Crippen LogP contribution in [0.25, 0.3) is 17.5 Å². The Kier molecular flexibility index (Phi) is 6.40. The Hall–Kier alpha value is -2.77. The minimum atomic E-state index is 0.0389. The summed E-state index contributed by atoms with van der Waals surface area (Å²) in [6.45, 7) is 5.56. The molecule has 2 aromatic carbocycles. The minimum Gasteiger partial charge on any atom is -0.338 e. The van der Waals surface area contributed by atoms with E-state index in [4.69, 9.17) is 4.52 Å². The van der Waals surface area contributed by atoms with Gasteiger partial charge in [0.05, 0.1) is 6.54 Å². The second kappa shape index (κ2) is 9.36. The fraction of sp³-hybridized carbons (Fsp3) is 0.261. The van der Waals surface area contributed by atoms with E-state index < -0.39 is 0 Å². The van der Waals surface area contributed by atoms with Crippen LogP contribution in [0.3, 0.4) is 0 Å². The summed E-state index contributed by atoms with van der Waals surface area (Å²) in [5.41, 5.74) is 3.15. The van der Waals surface area contributed by atoms with Crippen LogP contribution < -0.4 is 0 Å². The maximum Gasteiger partial charge on any atom is 0.246 e. The molecule has 0 bridgehead atoms. The summed E-state index contributed by atoms with van der Waals surface area (Å²) in [4.78, 5) is 21.1. The number of hydrogen-bond acceptors (Lipinski definition) is 5. The van der Waals surface area contributed by atoms with Crippen LogP contribution in [0.2, 0.25) is 0 Å². The normalized spacial score (nSPS) is 15.1. The van der Waals surface area contributed by atoms with Crippen molar-refractivity contribution >= 4 is 27.9 Å². The van der Waals surface area contributed by atoms with Crippen molar-refractivity contribution in [1.82, 2.24) is 19.9 Å². The zero-order valence-corrected chi connectivity index (χ0v) is 18.4. The second-order valence-electron chi connectivity index (χ2n) is 7.36. The van der Waals surface area contributed by atoms with E-state index in [1.165, 1.54) is 5.56 Å². The van der Waals surface area contributed by atoms with E-state index in [9.17, 15) is 4.79 Å². The highest BCUT2D eigenvalue weighted by atomic mass is 79.9. The van der Waals surface area contributed by atoms with Crippen molar-refractivity contribution < 1.29 is 9.32 Å². The number of aryl methyl sites for hydroxylation is 1. The van der Waals surface area contributed by atoms with Gasteiger partial charge in [-0.3, -0.25) is 9.69 Å². The largest absolute Gasteiger partial charge is 0.338 e. The highest BCUT2D eigenvalue weighted by Crippen LogP contribution is 2.17. The van der Waals surface area contributed by atoms with Crippen molar-refractivity contribution in [3.8, 4) is 11.4 Å². The van der Waals surface area contributed by atoms with Crippen LogP contribution in [-0.4, -0.2) is 52.0 Å². The third-order valence-electron chi connectivity index (χ3n) is 5.11. The molecule has 0 unspecified atom stereocenters. The van der Waals surface area contributed by atoms with Gasteiger partial charge in [-0.15, -0.1) is 0 Å². The third-order valence-corrected chi connectivity index (χ3v) is 5.64. The van der Waals surface area contributed by atoms with Crippen LogP contribution in [0.5, 0.6) is 0 Å². The van der Waals surface area contributed by atoms with Gasteiger partial charge >= 0.3 is 0 Å². The van der Waals surface area contributed by atoms with Crippen molar-refractivity contribution in [2.24, 2.45) is 0 Å². The van der Waals surface area contributed by atoms with Crippen LogP contribution in [-0.2, 0) is 11.3 Å². The Balaban J connectivity index is 1.28. The Labute approximate surface area is 184 Å². The van der Waals surface area contributed by atoms with E-state index in [1.807, 2.05) is 66.4 Å². The maximum atomic E-state index is 12.5. The lowest BCUT2D eigenvalue weighted by Crippen LogP contribution is -2.47. The topological polar surface area (TPSA) is 62.5 Å². The molecule has 1 aliphatic rings. The van der Waals surface area contributed by atoms with E-state index in [0.29, 0.717) is 31.3 Å². The zero-order valence-electron chi connectivity index (χ0n) is 16.8. The molecule has 1 amide bonds. The highest BCUT2D eigenvalue weighted by Gasteiger charge is 2.21. The van der Waals surface area contributed by atoms with E-state index in [2.05, 4.69) is 31.0 Å². The number of rotatable bonds is 5. The molecule has 0 spiro atoms. The minimum absolute atomic E-state index is 0.0389. The van der Waals surface area contributed by atoms with E-state index in [1.54, 1.807) is 6.08 Å². The number of halogens is 1. The molecule has 1 fully saturated rings. The quantitative estimate of drug-likeness (QED) is 0.528. The number of carbonyl (C=O) groups excluding carboxylic acids is 1. The second-order valence-corrected chi connectivity index (χ2v) is 8.28. The Morgan fingerprint density at radius 3 is 2.47 bits per heavy atom. The predicted molar refractivity (Wildman–Crippen MR) is 120 cm³/mol. The first-order valence-corrected chi connectivity index (χ1v) is 10.7. The summed E-state index contributed by atoms with van der Waals surface area (Å²) in [6, 6.07) is 15.9. The Morgan fingerprint density at radius 2 is 1.77 bits per heavy atom. The van der Waals surface area contributed by atoms with Gasteiger partial charge < -0.3 is 9.42 Å². The average Bonchev–Trinajstić information content (AvgIpc) is 3.22. The summed E-state index contributed by atoms with van der Waals surface area (Å²) in [5, 5.41) is 4.09. The van der Waals surface area contributed by atoms with Gasteiger partial charge in [-0.25, -0.2) is 0 Å². The Morgan fingerprint density at radius 1 is 1.07 bits per heavy atom. The summed E-state index contributed by atoms with van der Waals surface area (Å²) < 4.78 is 6.45. The fourth-order valence-corrected chi connectivity index (χ4v) is 3.57. The predicted octanol–water partition coefficient (Wildman–Crippen LogP) is 4.17. The van der Waals surface area contributed by atoms with Gasteiger partial charge in [0.25, 0.3) is 0 Å². The molecule has 0 radical (unpaired) electrons. The van der Waals surface area contributed by atoms with Crippen molar-refractivity contribution in [2.45, 2.75) is 13.5 Å². The first kappa shape index (κ1) is 20.5. The van der Waals surface area contributed by atoms with E-state index in [0.717, 1.165) is 28.7 Å². The third kappa shape index (κ3) is 5.23. The first-order valence-electron chi connectivity index (χ1n) is 9.91. The summed E-state index contributed by atoms with van der Waals surface area (Å²) in [7, 11) is 0. The van der Waals surface area contributed by atoms with Crippen LogP contribution >= 0.6 is 15.9 Å². The number of benzene rings is 2. The van der Waals surface area contributed by atoms with E-state index >= 15 is 0 Å². The van der Waals surface area contributed by atoms with Gasteiger partial charge in [-0.05, 0) is 30.7 Å². The van der Waals surface area contributed by atoms with E-state index in [-0.39, 0.29) is 5.91 Å². The number of amides is 1. The van der Waals surface area contributed by atoms with Crippen LogP contribution in [0.4, 0.5) is 0 Å². The van der Waals surface area contributed by atoms with Gasteiger partial charge in [0, 0.05) is 42.3 Å². The fourth-order valence-electron chi connectivity index (χ4n) is 3.30. The van der Waals surface area contributed by atoms with Crippen LogP contribution in [0, 0.1) is 6.92 Å². The number of hydrogen-bond donors (Lipinski definition) is 0. The van der Waals surface area contributed by atoms with Gasteiger partial charge in [0.15, 0.2) is 0 Å². The molecule has 1 aliphatic heterocycles. The molecule has 6 nitrogen and oxygen atoms in total. The molecular weight excluding hydrogens is 444 g/mol. The van der Waals surface area contributed by atoms with Gasteiger partial charge in [0.1, 0.15) is 0 Å². The van der Waals surface area contributed by atoms with Crippen molar-refractivity contribution in [3.05, 3.63) is 76.1 Å². The highest BCUT2D eigenvalue weighted by molar-refractivity contribution is 9.10. The molecule has 0 aliphatic carbocycles. The van der Waals surface area contributed by atoms with Crippen LogP contribution in [0.15, 0.2) is 63.6 Å². The number of piperazine rings is 1. The van der Waals surface area contributed by atoms with Gasteiger partial charge in [-0.1, -0.05) is 63.0 Å². The molecule has 0 saturated carbocycles. The molecule has 30 heavy (non-hydrogen) atoms. The van der Waals surface area contributed by atoms with Crippen molar-refractivity contribution in [1.29, 1.82) is 0 Å². The number of aromatic nitrogens is 2. The monoisotopic (exact) mass is 466 g/mol. The van der Waals surface area contributed by atoms with Crippen molar-refractivity contribution in [3.63, 3.8) is 0 Å². The zero-order chi connectivity index (χ0) is 20.9. The molecule has 4 rings (SSSR count). The molecule has 0 N–H and O–H groups in total. The SMILES string of the molecule is Cc1ccc(-c2noc(CN3CCN(C(=O)C=Cc4ccc(Br)cc4)CC3)n2)cc1. The molecule has 1 saturated heterocycles. The van der Waals surface area contributed by atoms with Gasteiger partial charge in [-0.2, -0.15) is 4.98 Å². The molecule has 3 aromatic rings. The number of nitrogens with zero attached hydrogens (tertiary/aromatic N) is 4. The number of carbonyl (C=O) groups is 1. The average molecular weight is 467 g/mol. The Bertz CT molecular complexity index is 1020. The summed E-state index contributed by atoms with van der Waals surface area (Å²) >= 11 is 3.41. The standard InChI is InChI=1S/C23H23BrN4O2/c1-17-2-7-19(8-3-17)23-25-21(30-26-23)16-27-12-14-28(15-13-27)22(29)11-6-18-4-9-20(24)10-5-18/h2-11H,12-16H2,1H3. The van der Waals surface area contributed by atoms with Crippen LogP contribution in [0.1, 0.15) is 17.0 Å². The smallest absolute Gasteiger partial charge is 0.246 e. The van der Waals surface area contributed by atoms with Gasteiger partial charge in [0.2, 0.25) is 17.6 Å². The molecule has 1 aromatic heterocycles. The lowest BCUT2D eigenvalue weighted by Gasteiger charge is -2.33.